The fourth-order valence-corrected chi connectivity index (χ4v) is 4.99. The molecule has 0 aliphatic heterocycles. The Balaban J connectivity index is 2.16. The number of nitrogens with one attached hydrogen (secondary N) is 1. The molecule has 0 saturated heterocycles. The molecule has 0 spiro atoms. The summed E-state index contributed by atoms with van der Waals surface area (Å²) in [5, 5.41) is 0.900. The Morgan fingerprint density at radius 2 is 1.89 bits per heavy atom. The fourth-order valence-electron chi connectivity index (χ4n) is 2.90. The molecule has 0 aliphatic rings. The number of sulfonamides is 1. The van der Waals surface area contributed by atoms with Crippen LogP contribution in [0, 0.1) is 0 Å². The summed E-state index contributed by atoms with van der Waals surface area (Å²) >= 11 is 1.56. The van der Waals surface area contributed by atoms with Crippen LogP contribution in [-0.4, -0.2) is 43.1 Å². The van der Waals surface area contributed by atoms with E-state index in [1.165, 1.54) is 0 Å². The van der Waals surface area contributed by atoms with Gasteiger partial charge in [0.2, 0.25) is 10.0 Å². The molecule has 27 heavy (non-hydrogen) atoms. The van der Waals surface area contributed by atoms with Gasteiger partial charge in [-0.3, -0.25) is 0 Å². The van der Waals surface area contributed by atoms with Crippen molar-refractivity contribution in [3.63, 3.8) is 0 Å². The highest BCUT2D eigenvalue weighted by Gasteiger charge is 2.21. The second-order valence-electron chi connectivity index (χ2n) is 7.23. The van der Waals surface area contributed by atoms with Gasteiger partial charge < -0.3 is 9.47 Å². The third-order valence-corrected chi connectivity index (χ3v) is 6.79. The molecule has 1 N–H and O–H groups in total. The number of hydrogen-bond acceptors (Lipinski definition) is 6. The molecule has 0 radical (unpaired) electrons. The number of nitrogens with zero attached hydrogens (tertiary/aromatic N) is 4. The smallest absolute Gasteiger partial charge is 0.240 e. The third-order valence-electron chi connectivity index (χ3n) is 3.97. The lowest BCUT2D eigenvalue weighted by atomic mass is 10.3. The highest BCUT2D eigenvalue weighted by atomic mass is 32.2. The van der Waals surface area contributed by atoms with E-state index in [0.717, 1.165) is 21.3 Å². The van der Waals surface area contributed by atoms with E-state index in [0.29, 0.717) is 5.52 Å². The van der Waals surface area contributed by atoms with Gasteiger partial charge in [0.15, 0.2) is 11.0 Å². The van der Waals surface area contributed by atoms with Gasteiger partial charge in [-0.05, 0) is 45.9 Å². The van der Waals surface area contributed by atoms with Crippen LogP contribution < -0.4 is 9.62 Å². The van der Waals surface area contributed by atoms with Crippen LogP contribution in [0.5, 0.6) is 0 Å². The van der Waals surface area contributed by atoms with Crippen molar-refractivity contribution in [3.8, 4) is 10.7 Å². The first kappa shape index (κ1) is 19.8. The number of benzene rings is 1. The average molecular weight is 408 g/mol. The van der Waals surface area contributed by atoms with Crippen molar-refractivity contribution in [2.24, 2.45) is 0 Å². The minimum atomic E-state index is -3.56. The molecule has 146 valence electrons. The van der Waals surface area contributed by atoms with E-state index in [1.54, 1.807) is 37.3 Å². The predicted molar refractivity (Wildman–Crippen MR) is 111 cm³/mol. The number of anilines is 1. The van der Waals surface area contributed by atoms with Crippen LogP contribution in [0.4, 0.5) is 5.13 Å². The molecule has 0 saturated carbocycles. The first-order valence-corrected chi connectivity index (χ1v) is 11.1. The van der Waals surface area contributed by atoms with Crippen LogP contribution in [-0.2, 0) is 10.0 Å². The van der Waals surface area contributed by atoms with E-state index >= 15 is 0 Å². The van der Waals surface area contributed by atoms with E-state index in [4.69, 9.17) is 4.98 Å². The summed E-state index contributed by atoms with van der Waals surface area (Å²) in [6, 6.07) is 5.10. The number of thiazole rings is 1. The normalized spacial score (nSPS) is 12.4. The lowest BCUT2D eigenvalue weighted by molar-refractivity contribution is 0.570. The van der Waals surface area contributed by atoms with Gasteiger partial charge in [0, 0.05) is 26.2 Å². The van der Waals surface area contributed by atoms with Crippen LogP contribution in [0.15, 0.2) is 29.3 Å². The Hall–Kier alpha value is -1.97. The molecule has 0 amide bonds. The molecular weight excluding hydrogens is 382 g/mol. The van der Waals surface area contributed by atoms with Crippen molar-refractivity contribution in [2.45, 2.75) is 44.7 Å². The van der Waals surface area contributed by atoms with E-state index in [1.807, 2.05) is 31.3 Å². The molecule has 2 heterocycles. The number of aromatic nitrogens is 3. The molecule has 7 nitrogen and oxygen atoms in total. The highest BCUT2D eigenvalue weighted by Crippen LogP contribution is 2.34. The van der Waals surface area contributed by atoms with Gasteiger partial charge in [0.25, 0.3) is 0 Å². The van der Waals surface area contributed by atoms with Crippen molar-refractivity contribution in [3.05, 3.63) is 24.4 Å². The first-order valence-electron chi connectivity index (χ1n) is 8.78. The van der Waals surface area contributed by atoms with Crippen molar-refractivity contribution < 1.29 is 8.42 Å². The Kier molecular flexibility index (Phi) is 5.29. The van der Waals surface area contributed by atoms with Gasteiger partial charge in [-0.25, -0.2) is 23.1 Å². The predicted octanol–water partition coefficient (Wildman–Crippen LogP) is 3.49. The molecule has 2 aromatic heterocycles. The first-order chi connectivity index (χ1) is 12.6. The highest BCUT2D eigenvalue weighted by molar-refractivity contribution is 7.89. The summed E-state index contributed by atoms with van der Waals surface area (Å²) in [6.07, 6.45) is 1.82. The van der Waals surface area contributed by atoms with Crippen molar-refractivity contribution in [1.29, 1.82) is 0 Å². The van der Waals surface area contributed by atoms with E-state index < -0.39 is 10.0 Å². The van der Waals surface area contributed by atoms with Crippen LogP contribution in [0.3, 0.4) is 0 Å². The molecule has 3 aromatic rings. The van der Waals surface area contributed by atoms with Gasteiger partial charge in [-0.1, -0.05) is 11.3 Å². The zero-order valence-electron chi connectivity index (χ0n) is 16.4. The van der Waals surface area contributed by atoms with Crippen molar-refractivity contribution in [1.82, 2.24) is 19.3 Å². The maximum Gasteiger partial charge on any atom is 0.240 e. The molecule has 0 unspecified atom stereocenters. The molecule has 1 aromatic carbocycles. The second kappa shape index (κ2) is 7.21. The van der Waals surface area contributed by atoms with Crippen LogP contribution >= 0.6 is 11.3 Å². The van der Waals surface area contributed by atoms with Crippen LogP contribution in [0.1, 0.15) is 33.7 Å². The summed E-state index contributed by atoms with van der Waals surface area (Å²) in [6.45, 7) is 7.77. The summed E-state index contributed by atoms with van der Waals surface area (Å²) in [4.78, 5) is 12.3. The van der Waals surface area contributed by atoms with E-state index in [-0.39, 0.29) is 17.0 Å². The van der Waals surface area contributed by atoms with Crippen LogP contribution in [0.25, 0.3) is 21.7 Å². The zero-order chi connectivity index (χ0) is 19.9. The Morgan fingerprint density at radius 1 is 1.19 bits per heavy atom. The largest absolute Gasteiger partial charge is 0.354 e. The Labute approximate surface area is 164 Å². The average Bonchev–Trinajstić information content (AvgIpc) is 3.17. The molecule has 0 fully saturated rings. The number of hydrogen-bond donors (Lipinski definition) is 1. The van der Waals surface area contributed by atoms with Gasteiger partial charge in [0.1, 0.15) is 0 Å². The van der Waals surface area contributed by atoms with E-state index in [2.05, 4.69) is 28.1 Å². The number of imidazole rings is 1. The Bertz CT molecular complexity index is 1060. The summed E-state index contributed by atoms with van der Waals surface area (Å²) in [5.41, 5.74) is 1.56. The second-order valence-corrected chi connectivity index (χ2v) is 9.95. The lowest BCUT2D eigenvalue weighted by Gasteiger charge is -2.12. The minimum absolute atomic E-state index is 0.170. The molecule has 0 bridgehead atoms. The maximum absolute atomic E-state index is 12.5. The quantitative estimate of drug-likeness (QED) is 0.676. The molecule has 0 atom stereocenters. The van der Waals surface area contributed by atoms with Gasteiger partial charge in [0.05, 0.1) is 27.0 Å². The maximum atomic E-state index is 12.5. The molecule has 3 rings (SSSR count). The summed E-state index contributed by atoms with van der Waals surface area (Å²) in [5.74, 6) is 0.803. The molecule has 9 heteroatoms. The van der Waals surface area contributed by atoms with Gasteiger partial charge in [-0.15, -0.1) is 0 Å². The topological polar surface area (TPSA) is 80.1 Å². The van der Waals surface area contributed by atoms with Crippen molar-refractivity contribution >= 4 is 37.5 Å². The SMILES string of the molecule is CC(C)NS(=O)(=O)c1ccc2c(c1)nc(-c1cnc(N(C)C)s1)n2C(C)C. The number of fused-ring (bicyclic) bond motifs is 1. The monoisotopic (exact) mass is 407 g/mol. The third kappa shape index (κ3) is 3.85. The Morgan fingerprint density at radius 3 is 2.44 bits per heavy atom. The van der Waals surface area contributed by atoms with E-state index in [9.17, 15) is 8.42 Å². The zero-order valence-corrected chi connectivity index (χ0v) is 18.0. The molecular formula is C18H25N5O2S2. The summed E-state index contributed by atoms with van der Waals surface area (Å²) < 4.78 is 29.7. The fraction of sp³-hybridized carbons (Fsp3) is 0.444. The van der Waals surface area contributed by atoms with Gasteiger partial charge >= 0.3 is 0 Å². The molecule has 0 aliphatic carbocycles. The minimum Gasteiger partial charge on any atom is -0.354 e. The van der Waals surface area contributed by atoms with Gasteiger partial charge in [-0.2, -0.15) is 0 Å². The summed E-state index contributed by atoms with van der Waals surface area (Å²) in [7, 11) is 0.340. The van der Waals surface area contributed by atoms with Crippen molar-refractivity contribution in [2.75, 3.05) is 19.0 Å². The number of rotatable bonds is 6. The van der Waals surface area contributed by atoms with Crippen LogP contribution in [0.2, 0.25) is 0 Å². The lowest BCUT2D eigenvalue weighted by Crippen LogP contribution is -2.30. The standard InChI is InChI=1S/C18H25N5O2S2/c1-11(2)21-27(24,25)13-7-8-15-14(9-13)20-17(23(15)12(3)4)16-10-19-18(26-16)22(5)6/h7-12,21H,1-6H3.